The molecule has 0 aromatic carbocycles. The van der Waals surface area contributed by atoms with Crippen LogP contribution in [0.4, 0.5) is 8.78 Å². The van der Waals surface area contributed by atoms with Gasteiger partial charge in [-0.1, -0.05) is 5.57 Å². The number of nitrogens with one attached hydrogen (secondary N) is 2. The fourth-order valence-corrected chi connectivity index (χ4v) is 5.79. The van der Waals surface area contributed by atoms with Gasteiger partial charge >= 0.3 is 0 Å². The quantitative estimate of drug-likeness (QED) is 0.596. The summed E-state index contributed by atoms with van der Waals surface area (Å²) in [6.45, 7) is -0.400. The number of carbonyl (C=O) groups is 2. The van der Waals surface area contributed by atoms with Crippen molar-refractivity contribution in [1.82, 2.24) is 10.6 Å². The van der Waals surface area contributed by atoms with Crippen molar-refractivity contribution < 1.29 is 23.5 Å². The first-order chi connectivity index (χ1) is 14.9. The number of rotatable bonds is 6. The monoisotopic (exact) mass is 435 g/mol. The van der Waals surface area contributed by atoms with Gasteiger partial charge in [0.05, 0.1) is 25.1 Å². The maximum absolute atomic E-state index is 14.6. The molecule has 3 saturated carbocycles. The molecule has 3 aliphatic carbocycles. The molecule has 2 amide bonds. The van der Waals surface area contributed by atoms with Crippen LogP contribution in [0.2, 0.25) is 0 Å². The normalized spacial score (nSPS) is 36.8. The van der Waals surface area contributed by atoms with Crippen LogP contribution in [0.5, 0.6) is 0 Å². The van der Waals surface area contributed by atoms with Crippen molar-refractivity contribution in [3.05, 3.63) is 11.1 Å². The molecule has 8 heteroatoms. The molecule has 3 N–H and O–H groups in total. The Morgan fingerprint density at radius 2 is 1.97 bits per heavy atom. The molecule has 6 nitrogen and oxygen atoms in total. The number of hydrogen-bond donors (Lipinski definition) is 3. The third kappa shape index (κ3) is 4.77. The van der Waals surface area contributed by atoms with Gasteiger partial charge in [-0.05, 0) is 57.3 Å². The van der Waals surface area contributed by atoms with Gasteiger partial charge in [0, 0.05) is 29.4 Å². The minimum absolute atomic E-state index is 0.0538. The lowest BCUT2D eigenvalue weighted by Gasteiger charge is -2.40. The molecule has 4 aliphatic rings. The Bertz CT molecular complexity index is 791. The molecule has 1 aliphatic heterocycles. The number of aliphatic hydroxyl groups excluding tert-OH is 1. The van der Waals surface area contributed by atoms with Crippen molar-refractivity contribution in [2.24, 2.45) is 23.7 Å². The van der Waals surface area contributed by atoms with Crippen LogP contribution in [0.15, 0.2) is 11.1 Å². The molecule has 31 heavy (non-hydrogen) atoms. The Kier molecular flexibility index (Phi) is 6.61. The highest BCUT2D eigenvalue weighted by Crippen LogP contribution is 2.48. The molecule has 0 bridgehead atoms. The van der Waals surface area contributed by atoms with E-state index in [0.717, 1.165) is 18.4 Å². The first kappa shape index (κ1) is 22.2. The number of aliphatic hydroxyl groups is 1. The Morgan fingerprint density at radius 3 is 2.61 bits per heavy atom. The maximum atomic E-state index is 14.6. The van der Waals surface area contributed by atoms with E-state index in [1.807, 2.05) is 0 Å². The summed E-state index contributed by atoms with van der Waals surface area (Å²) in [6.07, 6.45) is 2.14. The van der Waals surface area contributed by atoms with Gasteiger partial charge in [-0.2, -0.15) is 5.26 Å². The predicted octanol–water partition coefficient (Wildman–Crippen LogP) is 2.47. The van der Waals surface area contributed by atoms with Crippen LogP contribution < -0.4 is 10.6 Å². The highest BCUT2D eigenvalue weighted by molar-refractivity contribution is 6.00. The molecule has 4 rings (SSSR count). The molecular formula is C23H31F2N3O3. The lowest BCUT2D eigenvalue weighted by Crippen LogP contribution is -2.51. The SMILES string of the molecule is N#CC1CCC([C@H](CO)NC(=O)CC2=C(C3CC3)C3CC(F)CCC3NC2=O)C(F)C1. The summed E-state index contributed by atoms with van der Waals surface area (Å²) in [4.78, 5) is 25.6. The van der Waals surface area contributed by atoms with E-state index in [9.17, 15) is 23.5 Å². The number of alkyl halides is 2. The zero-order valence-corrected chi connectivity index (χ0v) is 17.7. The summed E-state index contributed by atoms with van der Waals surface area (Å²) in [6, 6.07) is 1.28. The number of halogens is 2. The Morgan fingerprint density at radius 1 is 1.19 bits per heavy atom. The van der Waals surface area contributed by atoms with Crippen LogP contribution in [0.1, 0.15) is 57.8 Å². The van der Waals surface area contributed by atoms with Crippen LogP contribution in [0.3, 0.4) is 0 Å². The Hall–Kier alpha value is -2.01. The smallest absolute Gasteiger partial charge is 0.247 e. The Balaban J connectivity index is 1.47. The minimum Gasteiger partial charge on any atom is -0.394 e. The van der Waals surface area contributed by atoms with Gasteiger partial charge in [0.1, 0.15) is 12.3 Å². The van der Waals surface area contributed by atoms with Crippen LogP contribution in [0.25, 0.3) is 0 Å². The van der Waals surface area contributed by atoms with Gasteiger partial charge in [-0.25, -0.2) is 8.78 Å². The van der Waals surface area contributed by atoms with Gasteiger partial charge in [0.2, 0.25) is 11.8 Å². The van der Waals surface area contributed by atoms with Crippen molar-refractivity contribution in [3.63, 3.8) is 0 Å². The number of hydrogen-bond acceptors (Lipinski definition) is 4. The largest absolute Gasteiger partial charge is 0.394 e. The van der Waals surface area contributed by atoms with E-state index in [-0.39, 0.29) is 42.5 Å². The van der Waals surface area contributed by atoms with E-state index < -0.39 is 36.8 Å². The second kappa shape index (κ2) is 9.23. The lowest BCUT2D eigenvalue weighted by molar-refractivity contribution is -0.125. The summed E-state index contributed by atoms with van der Waals surface area (Å²) < 4.78 is 28.7. The molecule has 1 heterocycles. The van der Waals surface area contributed by atoms with E-state index in [0.29, 0.717) is 37.7 Å². The summed E-state index contributed by atoms with van der Waals surface area (Å²) in [7, 11) is 0. The molecular weight excluding hydrogens is 404 g/mol. The standard InChI is InChI=1S/C23H31F2N3O3/c24-14-4-6-19-16(8-14)22(13-2-3-13)17(23(31)28-19)9-21(30)27-20(11-29)15-5-1-12(10-26)7-18(15)25/h12-16,18-20,29H,1-9,11H2,(H,27,30)(H,28,31)/t12?,14?,15?,16?,18?,19?,20-/m0/s1. The second-order valence-electron chi connectivity index (χ2n) is 9.66. The topological polar surface area (TPSA) is 102 Å². The van der Waals surface area contributed by atoms with Crippen molar-refractivity contribution in [3.8, 4) is 6.07 Å². The van der Waals surface area contributed by atoms with Gasteiger partial charge in [0.15, 0.2) is 0 Å². The predicted molar refractivity (Wildman–Crippen MR) is 109 cm³/mol. The number of nitrogens with zero attached hydrogens (tertiary/aromatic N) is 1. The third-order valence-corrected chi connectivity index (χ3v) is 7.54. The van der Waals surface area contributed by atoms with Gasteiger partial charge < -0.3 is 15.7 Å². The molecule has 6 unspecified atom stereocenters. The molecule has 0 aromatic rings. The fraction of sp³-hybridized carbons (Fsp3) is 0.783. The van der Waals surface area contributed by atoms with E-state index in [1.165, 1.54) is 0 Å². The fourth-order valence-electron chi connectivity index (χ4n) is 5.79. The number of amides is 2. The minimum atomic E-state index is -1.26. The third-order valence-electron chi connectivity index (χ3n) is 7.54. The van der Waals surface area contributed by atoms with Crippen molar-refractivity contribution in [1.29, 1.82) is 5.26 Å². The highest BCUT2D eigenvalue weighted by atomic mass is 19.1. The average molecular weight is 436 g/mol. The summed E-state index contributed by atoms with van der Waals surface area (Å²) in [5.41, 5.74) is 1.38. The van der Waals surface area contributed by atoms with Gasteiger partial charge in [0.25, 0.3) is 0 Å². The summed E-state index contributed by atoms with van der Waals surface area (Å²) in [5, 5.41) is 24.5. The highest BCUT2D eigenvalue weighted by Gasteiger charge is 2.45. The van der Waals surface area contributed by atoms with E-state index >= 15 is 0 Å². The molecule has 170 valence electrons. The van der Waals surface area contributed by atoms with Crippen molar-refractivity contribution >= 4 is 11.8 Å². The van der Waals surface area contributed by atoms with Crippen molar-refractivity contribution in [2.75, 3.05) is 6.61 Å². The van der Waals surface area contributed by atoms with Crippen LogP contribution in [-0.2, 0) is 9.59 Å². The van der Waals surface area contributed by atoms with E-state index in [2.05, 4.69) is 16.7 Å². The summed E-state index contributed by atoms with van der Waals surface area (Å²) >= 11 is 0. The second-order valence-corrected chi connectivity index (χ2v) is 9.66. The average Bonchev–Trinajstić information content (AvgIpc) is 3.58. The van der Waals surface area contributed by atoms with Gasteiger partial charge in [-0.15, -0.1) is 0 Å². The molecule has 7 atom stereocenters. The maximum Gasteiger partial charge on any atom is 0.247 e. The zero-order valence-electron chi connectivity index (χ0n) is 17.7. The van der Waals surface area contributed by atoms with Crippen molar-refractivity contribution in [2.45, 2.75) is 82.2 Å². The molecule has 0 spiro atoms. The first-order valence-electron chi connectivity index (χ1n) is 11.5. The van der Waals surface area contributed by atoms with Crippen LogP contribution >= 0.6 is 0 Å². The number of carbonyl (C=O) groups excluding carboxylic acids is 2. The van der Waals surface area contributed by atoms with E-state index in [1.54, 1.807) is 0 Å². The number of nitriles is 1. The first-order valence-corrected chi connectivity index (χ1v) is 11.5. The van der Waals surface area contributed by atoms with Gasteiger partial charge in [-0.3, -0.25) is 9.59 Å². The molecule has 0 aromatic heterocycles. The Labute approximate surface area is 181 Å². The van der Waals surface area contributed by atoms with Crippen LogP contribution in [0, 0.1) is 35.0 Å². The summed E-state index contributed by atoms with van der Waals surface area (Å²) in [5.74, 6) is -1.37. The molecule has 3 fully saturated rings. The lowest BCUT2D eigenvalue weighted by atomic mass is 9.72. The zero-order chi connectivity index (χ0) is 22.1. The van der Waals surface area contributed by atoms with E-state index in [4.69, 9.17) is 5.26 Å². The molecule has 0 saturated heterocycles. The van der Waals surface area contributed by atoms with Crippen LogP contribution in [-0.4, -0.2) is 48.0 Å². The molecule has 0 radical (unpaired) electrons. The number of fused-ring (bicyclic) bond motifs is 1.